The van der Waals surface area contributed by atoms with Gasteiger partial charge in [0.25, 0.3) is 0 Å². The van der Waals surface area contributed by atoms with Crippen LogP contribution in [0.4, 0.5) is 5.00 Å². The first-order valence-corrected chi connectivity index (χ1v) is 10.9. The highest BCUT2D eigenvalue weighted by Crippen LogP contribution is 2.28. The summed E-state index contributed by atoms with van der Waals surface area (Å²) in [7, 11) is 1.85. The van der Waals surface area contributed by atoms with E-state index in [4.69, 9.17) is 4.74 Å². The molecule has 0 atom stereocenters. The van der Waals surface area contributed by atoms with Crippen LogP contribution in [-0.4, -0.2) is 47.8 Å². The first-order chi connectivity index (χ1) is 13.9. The fourth-order valence-corrected chi connectivity index (χ4v) is 4.97. The number of aryl methyl sites for hydroxylation is 1. The molecular formula is C22H27N3O3S. The minimum atomic E-state index is -0.208. The van der Waals surface area contributed by atoms with Gasteiger partial charge in [-0.15, -0.1) is 0 Å². The van der Waals surface area contributed by atoms with E-state index in [1.165, 1.54) is 22.7 Å². The van der Waals surface area contributed by atoms with Gasteiger partial charge in [0, 0.05) is 25.1 Å². The molecule has 1 aromatic carbocycles. The van der Waals surface area contributed by atoms with Gasteiger partial charge >= 0.3 is 5.97 Å². The lowest BCUT2D eigenvalue weighted by Gasteiger charge is -2.33. The van der Waals surface area contributed by atoms with Crippen LogP contribution in [0.15, 0.2) is 18.2 Å². The number of carbonyl (C=O) groups is 2. The standard InChI is InChI=1S/C22H27N3O3S/c1-14-12-20(29-23-14)24(3)21(26)17-7-10-25(11-8-17)9-6-16-4-5-18-19(15(16)2)13-28-22(18)27/h4-5,12,17H,6-11,13H2,1-3H3. The van der Waals surface area contributed by atoms with E-state index >= 15 is 0 Å². The molecule has 1 aromatic heterocycles. The summed E-state index contributed by atoms with van der Waals surface area (Å²) in [6.07, 6.45) is 2.74. The van der Waals surface area contributed by atoms with Crippen molar-refractivity contribution in [2.75, 3.05) is 31.6 Å². The first-order valence-electron chi connectivity index (χ1n) is 10.2. The van der Waals surface area contributed by atoms with Crippen LogP contribution in [0.3, 0.4) is 0 Å². The number of anilines is 1. The van der Waals surface area contributed by atoms with Crippen LogP contribution < -0.4 is 4.90 Å². The summed E-state index contributed by atoms with van der Waals surface area (Å²) in [6.45, 7) is 7.28. The topological polar surface area (TPSA) is 62.7 Å². The number of fused-ring (bicyclic) bond motifs is 1. The molecule has 1 saturated heterocycles. The summed E-state index contributed by atoms with van der Waals surface area (Å²) in [4.78, 5) is 28.7. The van der Waals surface area contributed by atoms with E-state index < -0.39 is 0 Å². The lowest BCUT2D eigenvalue weighted by atomic mass is 9.94. The largest absolute Gasteiger partial charge is 0.457 e. The summed E-state index contributed by atoms with van der Waals surface area (Å²) in [5.74, 6) is 0.0795. The third-order valence-corrected chi connectivity index (χ3v) is 7.15. The fourth-order valence-electron chi connectivity index (χ4n) is 4.24. The van der Waals surface area contributed by atoms with E-state index in [1.54, 1.807) is 4.90 Å². The minimum Gasteiger partial charge on any atom is -0.457 e. The fraction of sp³-hybridized carbons (Fsp3) is 0.500. The van der Waals surface area contributed by atoms with Crippen molar-refractivity contribution in [2.24, 2.45) is 5.92 Å². The van der Waals surface area contributed by atoms with Gasteiger partial charge in [0.2, 0.25) is 5.91 Å². The lowest BCUT2D eigenvalue weighted by Crippen LogP contribution is -2.41. The van der Waals surface area contributed by atoms with Gasteiger partial charge in [-0.25, -0.2) is 4.79 Å². The van der Waals surface area contributed by atoms with Crippen LogP contribution >= 0.6 is 11.5 Å². The summed E-state index contributed by atoms with van der Waals surface area (Å²) < 4.78 is 9.43. The molecule has 2 aliphatic rings. The number of cyclic esters (lactones) is 1. The second kappa shape index (κ2) is 8.24. The first kappa shape index (κ1) is 20.0. The summed E-state index contributed by atoms with van der Waals surface area (Å²) in [5, 5.41) is 0.921. The zero-order chi connectivity index (χ0) is 20.5. The van der Waals surface area contributed by atoms with Crippen molar-refractivity contribution in [1.82, 2.24) is 9.27 Å². The van der Waals surface area contributed by atoms with Gasteiger partial charge in [-0.3, -0.25) is 4.79 Å². The van der Waals surface area contributed by atoms with E-state index in [0.717, 1.165) is 55.2 Å². The number of amides is 1. The second-order valence-electron chi connectivity index (χ2n) is 8.02. The van der Waals surface area contributed by atoms with E-state index in [2.05, 4.69) is 22.3 Å². The SMILES string of the molecule is Cc1cc(N(C)C(=O)C2CCN(CCc3ccc4c(c3C)COC4=O)CC2)sn1. The van der Waals surface area contributed by atoms with Crippen LogP contribution in [0.5, 0.6) is 0 Å². The number of ether oxygens (including phenoxy) is 1. The van der Waals surface area contributed by atoms with Crippen LogP contribution in [-0.2, 0) is 22.6 Å². The molecule has 0 spiro atoms. The smallest absolute Gasteiger partial charge is 0.338 e. The molecule has 6 nitrogen and oxygen atoms in total. The highest BCUT2D eigenvalue weighted by Gasteiger charge is 2.29. The van der Waals surface area contributed by atoms with Gasteiger partial charge in [-0.1, -0.05) is 6.07 Å². The molecule has 4 rings (SSSR count). The number of esters is 1. The maximum absolute atomic E-state index is 12.8. The number of benzene rings is 1. The van der Waals surface area contributed by atoms with Crippen molar-refractivity contribution in [2.45, 2.75) is 39.7 Å². The van der Waals surface area contributed by atoms with Crippen molar-refractivity contribution in [3.05, 3.63) is 46.1 Å². The highest BCUT2D eigenvalue weighted by atomic mass is 32.1. The second-order valence-corrected chi connectivity index (χ2v) is 8.81. The third-order valence-electron chi connectivity index (χ3n) is 6.19. The third kappa shape index (κ3) is 4.07. The molecule has 3 heterocycles. The van der Waals surface area contributed by atoms with Crippen molar-refractivity contribution in [1.29, 1.82) is 0 Å². The molecule has 1 amide bonds. The van der Waals surface area contributed by atoms with Crippen molar-refractivity contribution < 1.29 is 14.3 Å². The van der Waals surface area contributed by atoms with Crippen molar-refractivity contribution in [3.63, 3.8) is 0 Å². The zero-order valence-electron chi connectivity index (χ0n) is 17.2. The number of nitrogens with zero attached hydrogens (tertiary/aromatic N) is 3. The Morgan fingerprint density at radius 1 is 1.31 bits per heavy atom. The normalized spacial score (nSPS) is 17.3. The Morgan fingerprint density at radius 2 is 2.07 bits per heavy atom. The Kier molecular flexibility index (Phi) is 5.69. The number of piperidine rings is 1. The Bertz CT molecular complexity index is 931. The van der Waals surface area contributed by atoms with E-state index in [1.807, 2.05) is 26.1 Å². The number of hydrogen-bond donors (Lipinski definition) is 0. The predicted molar refractivity (Wildman–Crippen MR) is 113 cm³/mol. The number of hydrogen-bond acceptors (Lipinski definition) is 6. The van der Waals surface area contributed by atoms with Crippen LogP contribution in [0, 0.1) is 19.8 Å². The average molecular weight is 414 g/mol. The van der Waals surface area contributed by atoms with E-state index in [0.29, 0.717) is 12.2 Å². The van der Waals surface area contributed by atoms with Crippen LogP contribution in [0.25, 0.3) is 0 Å². The Balaban J connectivity index is 1.29. The van der Waals surface area contributed by atoms with Crippen molar-refractivity contribution >= 4 is 28.4 Å². The molecule has 0 saturated carbocycles. The molecule has 0 bridgehead atoms. The average Bonchev–Trinajstić information content (AvgIpc) is 3.33. The monoisotopic (exact) mass is 413 g/mol. The number of aromatic nitrogens is 1. The van der Waals surface area contributed by atoms with Gasteiger partial charge in [0.15, 0.2) is 0 Å². The van der Waals surface area contributed by atoms with Gasteiger partial charge in [-0.2, -0.15) is 4.37 Å². The Hall–Kier alpha value is -2.25. The van der Waals surface area contributed by atoms with E-state index in [-0.39, 0.29) is 17.8 Å². The number of likely N-dealkylation sites (tertiary alicyclic amines) is 1. The molecule has 29 heavy (non-hydrogen) atoms. The van der Waals surface area contributed by atoms with Gasteiger partial charge in [0.05, 0.1) is 11.3 Å². The van der Waals surface area contributed by atoms with Gasteiger partial charge < -0.3 is 14.5 Å². The number of carbonyl (C=O) groups excluding carboxylic acids is 2. The number of rotatable bonds is 5. The summed E-state index contributed by atoms with van der Waals surface area (Å²) in [5.41, 5.74) is 5.17. The van der Waals surface area contributed by atoms with E-state index in [9.17, 15) is 9.59 Å². The molecule has 0 unspecified atom stereocenters. The Labute approximate surface area is 175 Å². The molecule has 0 aliphatic carbocycles. The highest BCUT2D eigenvalue weighted by molar-refractivity contribution is 7.10. The van der Waals surface area contributed by atoms with Crippen molar-refractivity contribution in [3.8, 4) is 0 Å². The molecule has 0 radical (unpaired) electrons. The molecule has 0 N–H and O–H groups in total. The molecule has 154 valence electrons. The predicted octanol–water partition coefficient (Wildman–Crippen LogP) is 3.35. The maximum atomic E-state index is 12.8. The quantitative estimate of drug-likeness (QED) is 0.704. The molecule has 2 aromatic rings. The minimum absolute atomic E-state index is 0.0866. The van der Waals surface area contributed by atoms with Gasteiger partial charge in [0.1, 0.15) is 11.6 Å². The van der Waals surface area contributed by atoms with Gasteiger partial charge in [-0.05, 0) is 81.0 Å². The molecule has 2 aliphatic heterocycles. The summed E-state index contributed by atoms with van der Waals surface area (Å²) >= 11 is 1.38. The molecular weight excluding hydrogens is 386 g/mol. The lowest BCUT2D eigenvalue weighted by molar-refractivity contribution is -0.123. The molecule has 1 fully saturated rings. The van der Waals surface area contributed by atoms with Crippen LogP contribution in [0.2, 0.25) is 0 Å². The van der Waals surface area contributed by atoms with Crippen LogP contribution in [0.1, 0.15) is 45.6 Å². The summed E-state index contributed by atoms with van der Waals surface area (Å²) in [6, 6.07) is 5.92. The molecule has 7 heteroatoms. The zero-order valence-corrected chi connectivity index (χ0v) is 18.1. The maximum Gasteiger partial charge on any atom is 0.338 e. The Morgan fingerprint density at radius 3 is 2.76 bits per heavy atom.